The topological polar surface area (TPSA) is 90.9 Å². The van der Waals surface area contributed by atoms with Crippen molar-refractivity contribution < 1.29 is 9.72 Å². The molecule has 0 radical (unpaired) electrons. The van der Waals surface area contributed by atoms with Crippen molar-refractivity contribution in [2.75, 3.05) is 5.75 Å². The van der Waals surface area contributed by atoms with E-state index >= 15 is 0 Å². The van der Waals surface area contributed by atoms with Gasteiger partial charge in [0, 0.05) is 34.0 Å². The number of thioether (sulfide) groups is 1. The Bertz CT molecular complexity index is 1290. The Labute approximate surface area is 193 Å². The van der Waals surface area contributed by atoms with Gasteiger partial charge in [-0.05, 0) is 42.8 Å². The van der Waals surface area contributed by atoms with Gasteiger partial charge in [-0.15, -0.1) is 10.2 Å². The van der Waals surface area contributed by atoms with Gasteiger partial charge in [0.05, 0.1) is 10.7 Å². The number of ketones is 1. The van der Waals surface area contributed by atoms with Crippen molar-refractivity contribution in [3.8, 4) is 17.1 Å². The highest BCUT2D eigenvalue weighted by Crippen LogP contribution is 2.30. The molecule has 1 aromatic heterocycles. The molecule has 0 saturated carbocycles. The number of nitrogens with zero attached hydrogens (tertiary/aromatic N) is 4. The summed E-state index contributed by atoms with van der Waals surface area (Å²) < 4.78 is 1.88. The predicted molar refractivity (Wildman–Crippen MR) is 125 cm³/mol. The zero-order chi connectivity index (χ0) is 22.7. The van der Waals surface area contributed by atoms with Crippen LogP contribution in [0, 0.1) is 17.0 Å². The number of aryl methyl sites for hydroxylation is 1. The lowest BCUT2D eigenvalue weighted by Gasteiger charge is -2.11. The molecule has 4 aromatic rings. The molecule has 4 rings (SSSR count). The molecule has 0 aliphatic carbocycles. The number of carbonyl (C=O) groups is 1. The van der Waals surface area contributed by atoms with Gasteiger partial charge in [-0.1, -0.05) is 53.7 Å². The van der Waals surface area contributed by atoms with E-state index in [-0.39, 0.29) is 17.2 Å². The maximum atomic E-state index is 12.6. The van der Waals surface area contributed by atoms with Crippen molar-refractivity contribution in [1.29, 1.82) is 0 Å². The van der Waals surface area contributed by atoms with Gasteiger partial charge in [0.25, 0.3) is 5.69 Å². The predicted octanol–water partition coefficient (Wildman–Crippen LogP) is 5.78. The molecule has 3 aromatic carbocycles. The zero-order valence-electron chi connectivity index (χ0n) is 16.9. The lowest BCUT2D eigenvalue weighted by Crippen LogP contribution is -2.05. The summed E-state index contributed by atoms with van der Waals surface area (Å²) in [6.07, 6.45) is 0. The van der Waals surface area contributed by atoms with Crippen LogP contribution in [0.4, 0.5) is 5.69 Å². The first kappa shape index (κ1) is 21.7. The van der Waals surface area contributed by atoms with Gasteiger partial charge in [-0.2, -0.15) is 0 Å². The van der Waals surface area contributed by atoms with Crippen LogP contribution >= 0.6 is 23.4 Å². The molecule has 0 N–H and O–H groups in total. The fraction of sp³-hybridized carbons (Fsp3) is 0.0870. The third-order valence-electron chi connectivity index (χ3n) is 4.81. The van der Waals surface area contributed by atoms with Gasteiger partial charge in [0.1, 0.15) is 0 Å². The van der Waals surface area contributed by atoms with Gasteiger partial charge in [-0.3, -0.25) is 19.5 Å². The molecule has 0 atom stereocenters. The van der Waals surface area contributed by atoms with E-state index in [0.29, 0.717) is 21.6 Å². The van der Waals surface area contributed by atoms with Crippen molar-refractivity contribution >= 4 is 34.8 Å². The summed E-state index contributed by atoms with van der Waals surface area (Å²) in [7, 11) is 0. The van der Waals surface area contributed by atoms with Gasteiger partial charge in [0.2, 0.25) is 0 Å². The number of halogens is 1. The van der Waals surface area contributed by atoms with Gasteiger partial charge >= 0.3 is 0 Å². The lowest BCUT2D eigenvalue weighted by molar-refractivity contribution is -0.384. The number of para-hydroxylation sites is 1. The molecule has 0 fully saturated rings. The van der Waals surface area contributed by atoms with Crippen molar-refractivity contribution in [3.63, 3.8) is 0 Å². The van der Waals surface area contributed by atoms with E-state index in [1.807, 2.05) is 60.0 Å². The fourth-order valence-corrected chi connectivity index (χ4v) is 4.10. The van der Waals surface area contributed by atoms with Crippen molar-refractivity contribution in [1.82, 2.24) is 14.8 Å². The number of benzene rings is 3. The van der Waals surface area contributed by atoms with Crippen molar-refractivity contribution in [2.24, 2.45) is 0 Å². The van der Waals surface area contributed by atoms with E-state index in [2.05, 4.69) is 10.2 Å². The van der Waals surface area contributed by atoms with Crippen LogP contribution in [0.3, 0.4) is 0 Å². The average Bonchev–Trinajstić information content (AvgIpc) is 3.24. The maximum Gasteiger partial charge on any atom is 0.269 e. The van der Waals surface area contributed by atoms with E-state index < -0.39 is 4.92 Å². The Morgan fingerprint density at radius 1 is 1.06 bits per heavy atom. The third kappa shape index (κ3) is 4.56. The molecule has 0 amide bonds. The first-order valence-corrected chi connectivity index (χ1v) is 11.0. The average molecular weight is 465 g/mol. The standard InChI is InChI=1S/C23H17ClN4O3S/c1-15-7-8-17(13-20(15)24)22-25-26-23(27(22)18-5-3-2-4-6-18)32-14-21(29)16-9-11-19(12-10-16)28(30)31/h2-13H,14H2,1H3. The lowest BCUT2D eigenvalue weighted by atomic mass is 10.1. The monoisotopic (exact) mass is 464 g/mol. The molecule has 0 aliphatic rings. The minimum Gasteiger partial charge on any atom is -0.293 e. The highest BCUT2D eigenvalue weighted by molar-refractivity contribution is 7.99. The number of Topliss-reactive ketones (excluding diaryl/α,β-unsaturated/α-hetero) is 1. The van der Waals surface area contributed by atoms with Crippen LogP contribution in [0.5, 0.6) is 0 Å². The van der Waals surface area contributed by atoms with Crippen LogP contribution in [-0.2, 0) is 0 Å². The number of rotatable bonds is 7. The molecule has 32 heavy (non-hydrogen) atoms. The molecule has 0 aliphatic heterocycles. The Morgan fingerprint density at radius 2 is 1.78 bits per heavy atom. The first-order chi connectivity index (χ1) is 15.4. The smallest absolute Gasteiger partial charge is 0.269 e. The first-order valence-electron chi connectivity index (χ1n) is 9.62. The SMILES string of the molecule is Cc1ccc(-c2nnc(SCC(=O)c3ccc([N+](=O)[O-])cc3)n2-c2ccccc2)cc1Cl. The maximum absolute atomic E-state index is 12.6. The number of non-ortho nitro benzene ring substituents is 1. The summed E-state index contributed by atoms with van der Waals surface area (Å²) >= 11 is 7.57. The molecule has 160 valence electrons. The number of hydrogen-bond donors (Lipinski definition) is 0. The highest BCUT2D eigenvalue weighted by Gasteiger charge is 2.18. The summed E-state index contributed by atoms with van der Waals surface area (Å²) in [5, 5.41) is 20.7. The third-order valence-corrected chi connectivity index (χ3v) is 6.15. The molecule has 0 unspecified atom stereocenters. The van der Waals surface area contributed by atoms with E-state index in [1.54, 1.807) is 0 Å². The summed E-state index contributed by atoms with van der Waals surface area (Å²) in [5.41, 5.74) is 2.98. The number of nitro benzene ring substituents is 1. The number of nitro groups is 1. The number of hydrogen-bond acceptors (Lipinski definition) is 6. The summed E-state index contributed by atoms with van der Waals surface area (Å²) in [6, 6.07) is 20.9. The van der Waals surface area contributed by atoms with Gasteiger partial charge in [0.15, 0.2) is 16.8 Å². The van der Waals surface area contributed by atoms with Crippen LogP contribution in [-0.4, -0.2) is 31.2 Å². The number of aromatic nitrogens is 3. The Hall–Kier alpha value is -3.49. The normalized spacial score (nSPS) is 10.8. The second kappa shape index (κ2) is 9.33. The van der Waals surface area contributed by atoms with Crippen LogP contribution in [0.25, 0.3) is 17.1 Å². The van der Waals surface area contributed by atoms with Gasteiger partial charge < -0.3 is 0 Å². The van der Waals surface area contributed by atoms with Crippen molar-refractivity contribution in [2.45, 2.75) is 12.1 Å². The van der Waals surface area contributed by atoms with E-state index in [4.69, 9.17) is 11.6 Å². The molecule has 1 heterocycles. The summed E-state index contributed by atoms with van der Waals surface area (Å²) in [6.45, 7) is 1.93. The zero-order valence-corrected chi connectivity index (χ0v) is 18.5. The fourth-order valence-electron chi connectivity index (χ4n) is 3.07. The van der Waals surface area contributed by atoms with E-state index in [0.717, 1.165) is 16.8 Å². The molecule has 7 nitrogen and oxygen atoms in total. The summed E-state index contributed by atoms with van der Waals surface area (Å²) in [4.78, 5) is 23.0. The van der Waals surface area contributed by atoms with E-state index in [1.165, 1.54) is 36.0 Å². The largest absolute Gasteiger partial charge is 0.293 e. The second-order valence-electron chi connectivity index (χ2n) is 6.96. The molecule has 0 bridgehead atoms. The molecular formula is C23H17ClN4O3S. The molecular weight excluding hydrogens is 448 g/mol. The van der Waals surface area contributed by atoms with Crippen molar-refractivity contribution in [3.05, 3.63) is 99.1 Å². The Morgan fingerprint density at radius 3 is 2.44 bits per heavy atom. The van der Waals surface area contributed by atoms with Crippen LogP contribution < -0.4 is 0 Å². The van der Waals surface area contributed by atoms with E-state index in [9.17, 15) is 14.9 Å². The van der Waals surface area contributed by atoms with Gasteiger partial charge in [-0.25, -0.2) is 0 Å². The van der Waals surface area contributed by atoms with Crippen LogP contribution in [0.2, 0.25) is 5.02 Å². The Kier molecular flexibility index (Phi) is 6.34. The minimum absolute atomic E-state index is 0.0561. The highest BCUT2D eigenvalue weighted by atomic mass is 35.5. The molecule has 0 spiro atoms. The quantitative estimate of drug-likeness (QED) is 0.149. The Balaban J connectivity index is 1.64. The molecule has 0 saturated heterocycles. The van der Waals surface area contributed by atoms with Crippen LogP contribution in [0.15, 0.2) is 78.0 Å². The minimum atomic E-state index is -0.496. The van der Waals surface area contributed by atoms with Crippen LogP contribution in [0.1, 0.15) is 15.9 Å². The summed E-state index contributed by atoms with van der Waals surface area (Å²) in [5.74, 6) is 0.563. The molecule has 9 heteroatoms. The second-order valence-corrected chi connectivity index (χ2v) is 8.31. The number of carbonyl (C=O) groups excluding carboxylic acids is 1.